The smallest absolute Gasteiger partial charge is 0.315 e. The molecular formula is C21H22N4O4. The lowest BCUT2D eigenvalue weighted by Crippen LogP contribution is -3.00. The van der Waals surface area contributed by atoms with E-state index in [9.17, 15) is 20.0 Å². The molecule has 1 fully saturated rings. The van der Waals surface area contributed by atoms with E-state index >= 15 is 0 Å². The molecule has 150 valence electrons. The molecule has 2 aromatic heterocycles. The van der Waals surface area contributed by atoms with Gasteiger partial charge in [-0.25, -0.2) is 5.21 Å². The van der Waals surface area contributed by atoms with Crippen molar-refractivity contribution in [3.05, 3.63) is 69.4 Å². The van der Waals surface area contributed by atoms with E-state index in [0.717, 1.165) is 28.6 Å². The number of nitrogens with zero attached hydrogens (tertiary/aromatic N) is 2. The van der Waals surface area contributed by atoms with Crippen LogP contribution in [0, 0.1) is 11.1 Å². The molecule has 0 spiro atoms. The van der Waals surface area contributed by atoms with Crippen LogP contribution in [0.3, 0.4) is 0 Å². The van der Waals surface area contributed by atoms with Crippen molar-refractivity contribution < 1.29 is 15.2 Å². The number of aromatic amines is 1. The van der Waals surface area contributed by atoms with E-state index in [0.29, 0.717) is 26.1 Å². The van der Waals surface area contributed by atoms with Crippen LogP contribution in [0.4, 0.5) is 5.69 Å². The molecule has 2 aliphatic rings. The Morgan fingerprint density at radius 3 is 2.86 bits per heavy atom. The second kappa shape index (κ2) is 6.84. The van der Waals surface area contributed by atoms with Gasteiger partial charge in [-0.05, 0) is 30.0 Å². The number of carbonyl (C=O) groups is 1. The summed E-state index contributed by atoms with van der Waals surface area (Å²) in [5, 5.41) is 20.4. The fraction of sp³-hybridized carbons (Fsp3) is 0.333. The van der Waals surface area contributed by atoms with Crippen molar-refractivity contribution in [1.82, 2.24) is 14.5 Å². The lowest BCUT2D eigenvalue weighted by molar-refractivity contribution is -0.992. The Bertz CT molecular complexity index is 1150. The van der Waals surface area contributed by atoms with E-state index in [2.05, 4.69) is 4.98 Å². The third kappa shape index (κ3) is 3.05. The van der Waals surface area contributed by atoms with Gasteiger partial charge in [0, 0.05) is 54.4 Å². The largest absolute Gasteiger partial charge is 0.595 e. The van der Waals surface area contributed by atoms with Crippen LogP contribution in [0.25, 0.3) is 10.9 Å². The number of pyridine rings is 1. The molecule has 5 rings (SSSR count). The summed E-state index contributed by atoms with van der Waals surface area (Å²) in [6, 6.07) is 11.1. The Hall–Kier alpha value is -2.94. The van der Waals surface area contributed by atoms with Gasteiger partial charge < -0.3 is 19.7 Å². The van der Waals surface area contributed by atoms with Crippen molar-refractivity contribution in [2.45, 2.75) is 25.3 Å². The molecule has 4 heterocycles. The van der Waals surface area contributed by atoms with E-state index < -0.39 is 10.8 Å². The lowest BCUT2D eigenvalue weighted by atomic mass is 9.83. The first-order valence-corrected chi connectivity index (χ1v) is 9.81. The Balaban J connectivity index is 1.38. The number of amides is 1. The van der Waals surface area contributed by atoms with Crippen LogP contribution in [0.1, 0.15) is 23.6 Å². The zero-order valence-corrected chi connectivity index (χ0v) is 15.8. The number of carbonyl (C=O) groups excluding carboxylic acids is 1. The SMILES string of the molecule is O=C(Cc1c[nH]c2ccccc12)N1C[C@H]2C[C@H](C1)c1ccc([NH+]([O-])O)c(=O)n1C2. The Morgan fingerprint density at radius 1 is 1.21 bits per heavy atom. The summed E-state index contributed by atoms with van der Waals surface area (Å²) < 4.78 is 1.60. The number of piperidine rings is 1. The predicted molar refractivity (Wildman–Crippen MR) is 106 cm³/mol. The molecule has 3 atom stereocenters. The van der Waals surface area contributed by atoms with Gasteiger partial charge in [-0.1, -0.05) is 18.2 Å². The molecule has 0 saturated carbocycles. The van der Waals surface area contributed by atoms with Crippen LogP contribution in [0.15, 0.2) is 47.4 Å². The average Bonchev–Trinajstić information content (AvgIpc) is 3.11. The number of hydrogen-bond donors (Lipinski definition) is 3. The minimum Gasteiger partial charge on any atom is -0.595 e. The third-order valence-corrected chi connectivity index (χ3v) is 6.20. The van der Waals surface area contributed by atoms with E-state index in [1.807, 2.05) is 35.4 Å². The van der Waals surface area contributed by atoms with Crippen molar-refractivity contribution in [2.24, 2.45) is 5.92 Å². The lowest BCUT2D eigenvalue weighted by Gasteiger charge is -2.42. The Labute approximate surface area is 166 Å². The van der Waals surface area contributed by atoms with Gasteiger partial charge in [0.05, 0.1) is 6.42 Å². The van der Waals surface area contributed by atoms with Crippen molar-refractivity contribution in [1.29, 1.82) is 0 Å². The van der Waals surface area contributed by atoms with E-state index in [-0.39, 0.29) is 23.4 Å². The highest BCUT2D eigenvalue weighted by Crippen LogP contribution is 2.35. The summed E-state index contributed by atoms with van der Waals surface area (Å²) in [5.74, 6) is 0.308. The first kappa shape index (κ1) is 18.1. The highest BCUT2D eigenvalue weighted by molar-refractivity contribution is 5.89. The van der Waals surface area contributed by atoms with Crippen LogP contribution in [-0.2, 0) is 17.8 Å². The van der Waals surface area contributed by atoms with Gasteiger partial charge in [0.25, 0.3) is 0 Å². The van der Waals surface area contributed by atoms with Crippen molar-refractivity contribution in [3.63, 3.8) is 0 Å². The minimum absolute atomic E-state index is 0.0602. The maximum absolute atomic E-state index is 13.0. The number of aromatic nitrogens is 2. The highest BCUT2D eigenvalue weighted by Gasteiger charge is 2.37. The average molecular weight is 394 g/mol. The minimum atomic E-state index is -1.20. The molecule has 2 bridgehead atoms. The van der Waals surface area contributed by atoms with E-state index in [4.69, 9.17) is 0 Å². The van der Waals surface area contributed by atoms with Crippen LogP contribution in [0.2, 0.25) is 0 Å². The quantitative estimate of drug-likeness (QED) is 0.575. The molecule has 1 aromatic carbocycles. The Kier molecular flexibility index (Phi) is 4.27. The van der Waals surface area contributed by atoms with Crippen molar-refractivity contribution in [2.75, 3.05) is 13.1 Å². The number of rotatable bonds is 3. The fourth-order valence-electron chi connectivity index (χ4n) is 4.86. The molecule has 3 aromatic rings. The summed E-state index contributed by atoms with van der Waals surface area (Å²) in [6.07, 6.45) is 3.16. The van der Waals surface area contributed by atoms with Gasteiger partial charge in [-0.3, -0.25) is 9.59 Å². The van der Waals surface area contributed by atoms with Gasteiger partial charge in [0.15, 0.2) is 0 Å². The zero-order valence-electron chi connectivity index (χ0n) is 15.8. The monoisotopic (exact) mass is 394 g/mol. The second-order valence-corrected chi connectivity index (χ2v) is 8.03. The molecule has 1 unspecified atom stereocenters. The van der Waals surface area contributed by atoms with Crippen molar-refractivity contribution in [3.8, 4) is 0 Å². The molecule has 8 nitrogen and oxygen atoms in total. The number of likely N-dealkylation sites (tertiary alicyclic amines) is 1. The number of hydrogen-bond acceptors (Lipinski definition) is 4. The molecule has 1 amide bonds. The summed E-state index contributed by atoms with van der Waals surface area (Å²) in [5.41, 5.74) is 2.21. The molecule has 1 saturated heterocycles. The molecule has 0 aliphatic carbocycles. The van der Waals surface area contributed by atoms with Crippen LogP contribution < -0.4 is 10.8 Å². The zero-order chi connectivity index (χ0) is 20.1. The summed E-state index contributed by atoms with van der Waals surface area (Å²) >= 11 is 0. The fourth-order valence-corrected chi connectivity index (χ4v) is 4.86. The summed E-state index contributed by atoms with van der Waals surface area (Å²) in [4.78, 5) is 30.7. The van der Waals surface area contributed by atoms with Gasteiger partial charge in [0.1, 0.15) is 0 Å². The van der Waals surface area contributed by atoms with Gasteiger partial charge in [-0.15, -0.1) is 0 Å². The van der Waals surface area contributed by atoms with Crippen LogP contribution in [0.5, 0.6) is 0 Å². The molecule has 2 aliphatic heterocycles. The number of H-pyrrole nitrogens is 1. The van der Waals surface area contributed by atoms with Gasteiger partial charge in [-0.2, -0.15) is 5.23 Å². The molecule has 8 heteroatoms. The third-order valence-electron chi connectivity index (χ3n) is 6.20. The predicted octanol–water partition coefficient (Wildman–Crippen LogP) is 0.921. The number of fused-ring (bicyclic) bond motifs is 5. The number of nitrogens with one attached hydrogen (secondary N) is 2. The maximum atomic E-state index is 13.0. The molecular weight excluding hydrogens is 372 g/mol. The normalized spacial score (nSPS) is 21.8. The number of quaternary nitrogens is 1. The number of para-hydroxylation sites is 1. The first-order valence-electron chi connectivity index (χ1n) is 9.81. The van der Waals surface area contributed by atoms with E-state index in [1.54, 1.807) is 10.6 Å². The molecule has 29 heavy (non-hydrogen) atoms. The van der Waals surface area contributed by atoms with Crippen LogP contribution >= 0.6 is 0 Å². The van der Waals surface area contributed by atoms with Crippen LogP contribution in [-0.4, -0.2) is 38.7 Å². The summed E-state index contributed by atoms with van der Waals surface area (Å²) in [6.45, 7) is 1.62. The number of benzene rings is 1. The standard InChI is InChI=1S/C21H22N4O4/c26-20(8-14-9-22-17-4-2-1-3-16(14)17)23-10-13-7-15(12-23)18-5-6-19(25(28)29)21(27)24(18)11-13/h1-6,9,13,15,22,25,28H,7-8,10-12H2/t13-,15-/m1/s1. The first-order chi connectivity index (χ1) is 14.0. The highest BCUT2D eigenvalue weighted by atomic mass is 16.8. The van der Waals surface area contributed by atoms with Crippen molar-refractivity contribution >= 4 is 22.5 Å². The molecule has 0 radical (unpaired) electrons. The van der Waals surface area contributed by atoms with Gasteiger partial charge in [0.2, 0.25) is 11.6 Å². The van der Waals surface area contributed by atoms with Gasteiger partial charge >= 0.3 is 5.56 Å². The maximum Gasteiger partial charge on any atom is 0.315 e. The summed E-state index contributed by atoms with van der Waals surface area (Å²) in [7, 11) is 0. The topological polar surface area (TPSA) is 106 Å². The van der Waals surface area contributed by atoms with E-state index in [1.165, 1.54) is 6.07 Å². The Morgan fingerprint density at radius 2 is 2.03 bits per heavy atom. The second-order valence-electron chi connectivity index (χ2n) is 8.03. The molecule has 3 N–H and O–H groups in total.